The molecule has 2 heteroatoms. The quantitative estimate of drug-likeness (QED) is 0.167. The average Bonchev–Trinajstić information content (AvgIpc) is 3.00. The van der Waals surface area contributed by atoms with E-state index in [1.807, 2.05) is 7.05 Å². The van der Waals surface area contributed by atoms with Crippen molar-refractivity contribution in [2.75, 3.05) is 13.6 Å². The second kappa shape index (κ2) is 14.5. The Bertz CT molecular complexity index is 1250. The van der Waals surface area contributed by atoms with E-state index in [0.717, 1.165) is 24.7 Å². The third-order valence-electron chi connectivity index (χ3n) is 8.98. The summed E-state index contributed by atoms with van der Waals surface area (Å²) in [6.45, 7) is 10.8. The average molecular weight is 536 g/mol. The molecule has 1 aliphatic carbocycles. The molecule has 2 nitrogen and oxygen atoms in total. The molecule has 0 aromatic heterocycles. The van der Waals surface area contributed by atoms with E-state index in [4.69, 9.17) is 0 Å². The minimum atomic E-state index is 0.0127. The second-order valence-electron chi connectivity index (χ2n) is 12.0. The third kappa shape index (κ3) is 7.74. The van der Waals surface area contributed by atoms with Crippen LogP contribution >= 0.6 is 0 Å². The lowest BCUT2D eigenvalue weighted by atomic mass is 9.77. The molecule has 3 aromatic carbocycles. The van der Waals surface area contributed by atoms with Gasteiger partial charge >= 0.3 is 0 Å². The first-order chi connectivity index (χ1) is 19.4. The van der Waals surface area contributed by atoms with Gasteiger partial charge in [-0.1, -0.05) is 113 Å². The molecule has 0 atom stereocenters. The SMILES string of the molecule is C=C(C)C(=O)N(C)CCc1ccc(-c2ccc(-c3ccc(C4CCC(CCCCC)CC4)cc3)c(CC)c2)cc1. The van der Waals surface area contributed by atoms with Crippen LogP contribution in [-0.4, -0.2) is 24.4 Å². The molecule has 0 unspecified atom stereocenters. The highest BCUT2D eigenvalue weighted by atomic mass is 16.2. The predicted molar refractivity (Wildman–Crippen MR) is 172 cm³/mol. The Morgan fingerprint density at radius 3 is 2.12 bits per heavy atom. The van der Waals surface area contributed by atoms with Crippen molar-refractivity contribution in [3.63, 3.8) is 0 Å². The van der Waals surface area contributed by atoms with Gasteiger partial charge in [-0.15, -0.1) is 0 Å². The maximum absolute atomic E-state index is 12.1. The van der Waals surface area contributed by atoms with E-state index >= 15 is 0 Å². The molecule has 0 spiro atoms. The molecular weight excluding hydrogens is 486 g/mol. The smallest absolute Gasteiger partial charge is 0.248 e. The van der Waals surface area contributed by atoms with Crippen molar-refractivity contribution in [3.05, 3.63) is 95.6 Å². The molecule has 0 aliphatic heterocycles. The maximum Gasteiger partial charge on any atom is 0.248 e. The summed E-state index contributed by atoms with van der Waals surface area (Å²) in [5.41, 5.74) is 9.90. The first-order valence-electron chi connectivity index (χ1n) is 15.6. The highest BCUT2D eigenvalue weighted by Gasteiger charge is 2.22. The molecule has 212 valence electrons. The van der Waals surface area contributed by atoms with Crippen molar-refractivity contribution in [2.45, 2.75) is 90.9 Å². The number of carbonyl (C=O) groups is 1. The van der Waals surface area contributed by atoms with E-state index < -0.39 is 0 Å². The monoisotopic (exact) mass is 535 g/mol. The zero-order valence-electron chi connectivity index (χ0n) is 25.3. The van der Waals surface area contributed by atoms with Gasteiger partial charge in [0, 0.05) is 19.2 Å². The number of rotatable bonds is 12. The Hall–Kier alpha value is -3.13. The normalized spacial score (nSPS) is 17.0. The minimum Gasteiger partial charge on any atom is -0.342 e. The Balaban J connectivity index is 1.38. The van der Waals surface area contributed by atoms with Crippen LogP contribution < -0.4 is 0 Å². The van der Waals surface area contributed by atoms with E-state index in [0.29, 0.717) is 12.1 Å². The molecule has 3 aromatic rings. The first-order valence-corrected chi connectivity index (χ1v) is 15.6. The van der Waals surface area contributed by atoms with E-state index in [2.05, 4.69) is 87.2 Å². The molecule has 1 amide bonds. The summed E-state index contributed by atoms with van der Waals surface area (Å²) in [5.74, 6) is 1.71. The molecule has 0 heterocycles. The highest BCUT2D eigenvalue weighted by Crippen LogP contribution is 2.39. The number of likely N-dealkylation sites (N-methyl/N-ethyl adjacent to an activating group) is 1. The lowest BCUT2D eigenvalue weighted by Gasteiger charge is -2.29. The van der Waals surface area contributed by atoms with Crippen molar-refractivity contribution in [3.8, 4) is 22.3 Å². The summed E-state index contributed by atoms with van der Waals surface area (Å²) < 4.78 is 0. The lowest BCUT2D eigenvalue weighted by molar-refractivity contribution is -0.125. The minimum absolute atomic E-state index is 0.0127. The van der Waals surface area contributed by atoms with Crippen molar-refractivity contribution >= 4 is 5.91 Å². The van der Waals surface area contributed by atoms with Crippen molar-refractivity contribution in [1.82, 2.24) is 4.90 Å². The van der Waals surface area contributed by atoms with Gasteiger partial charge in [0.15, 0.2) is 0 Å². The van der Waals surface area contributed by atoms with E-state index in [-0.39, 0.29) is 5.91 Å². The summed E-state index contributed by atoms with van der Waals surface area (Å²) in [6, 6.07) is 25.2. The van der Waals surface area contributed by atoms with Crippen LogP contribution in [0.2, 0.25) is 0 Å². The number of aryl methyl sites for hydroxylation is 1. The van der Waals surface area contributed by atoms with Crippen molar-refractivity contribution in [2.24, 2.45) is 5.92 Å². The fraction of sp³-hybridized carbons (Fsp3) is 0.447. The number of carbonyl (C=O) groups excluding carboxylic acids is 1. The molecule has 1 saturated carbocycles. The number of hydrogen-bond acceptors (Lipinski definition) is 1. The van der Waals surface area contributed by atoms with E-state index in [1.165, 1.54) is 90.3 Å². The number of hydrogen-bond donors (Lipinski definition) is 0. The number of unbranched alkanes of at least 4 members (excludes halogenated alkanes) is 2. The van der Waals surface area contributed by atoms with Crippen LogP contribution in [0.4, 0.5) is 0 Å². The molecule has 0 saturated heterocycles. The van der Waals surface area contributed by atoms with Crippen molar-refractivity contribution in [1.29, 1.82) is 0 Å². The van der Waals surface area contributed by atoms with Gasteiger partial charge in [0.25, 0.3) is 0 Å². The number of benzene rings is 3. The second-order valence-corrected chi connectivity index (χ2v) is 12.0. The van der Waals surface area contributed by atoms with Crippen LogP contribution in [0, 0.1) is 5.92 Å². The molecule has 0 radical (unpaired) electrons. The maximum atomic E-state index is 12.1. The van der Waals surface area contributed by atoms with Crippen LogP contribution in [0.15, 0.2) is 78.9 Å². The van der Waals surface area contributed by atoms with Crippen LogP contribution in [0.25, 0.3) is 22.3 Å². The summed E-state index contributed by atoms with van der Waals surface area (Å²) in [7, 11) is 1.84. The van der Waals surface area contributed by atoms with Crippen LogP contribution in [0.5, 0.6) is 0 Å². The van der Waals surface area contributed by atoms with Gasteiger partial charge in [0.05, 0.1) is 0 Å². The zero-order chi connectivity index (χ0) is 28.5. The van der Waals surface area contributed by atoms with Gasteiger partial charge in [0.1, 0.15) is 0 Å². The van der Waals surface area contributed by atoms with Gasteiger partial charge in [-0.3, -0.25) is 4.79 Å². The van der Waals surface area contributed by atoms with Crippen molar-refractivity contribution < 1.29 is 4.79 Å². The standard InChI is InChI=1S/C38H49NO/c1-6-8-9-10-29-11-15-32(16-12-29)33-19-21-35(22-20-33)37-24-23-36(27-31(37)7-2)34-17-13-30(14-18-34)25-26-39(5)38(40)28(3)4/h13-14,17-24,27,29,32H,3,6-12,15-16,25-26H2,1-2,4-5H3. The van der Waals surface area contributed by atoms with E-state index in [9.17, 15) is 4.79 Å². The summed E-state index contributed by atoms with van der Waals surface area (Å²) in [6.07, 6.45) is 13.0. The molecule has 1 aliphatic rings. The summed E-state index contributed by atoms with van der Waals surface area (Å²) >= 11 is 0. The van der Waals surface area contributed by atoms with Crippen LogP contribution in [0.3, 0.4) is 0 Å². The Morgan fingerprint density at radius 1 is 0.850 bits per heavy atom. The predicted octanol–water partition coefficient (Wildman–Crippen LogP) is 10.0. The Labute approximate surface area is 243 Å². The molecule has 40 heavy (non-hydrogen) atoms. The van der Waals surface area contributed by atoms with Gasteiger partial charge in [-0.25, -0.2) is 0 Å². The van der Waals surface area contributed by atoms with Gasteiger partial charge in [-0.2, -0.15) is 0 Å². The topological polar surface area (TPSA) is 20.3 Å². The van der Waals surface area contributed by atoms with Gasteiger partial charge in [0.2, 0.25) is 5.91 Å². The zero-order valence-corrected chi connectivity index (χ0v) is 25.3. The Morgan fingerprint density at radius 2 is 1.50 bits per heavy atom. The number of nitrogens with zero attached hydrogens (tertiary/aromatic N) is 1. The molecule has 0 N–H and O–H groups in total. The highest BCUT2D eigenvalue weighted by molar-refractivity contribution is 5.91. The van der Waals surface area contributed by atoms with Crippen LogP contribution in [0.1, 0.15) is 94.7 Å². The van der Waals surface area contributed by atoms with Crippen LogP contribution in [-0.2, 0) is 17.6 Å². The first kappa shape index (κ1) is 29.8. The van der Waals surface area contributed by atoms with E-state index in [1.54, 1.807) is 11.8 Å². The fourth-order valence-corrected chi connectivity index (χ4v) is 6.34. The summed E-state index contributed by atoms with van der Waals surface area (Å²) in [5, 5.41) is 0. The molecule has 1 fully saturated rings. The fourth-order valence-electron chi connectivity index (χ4n) is 6.34. The largest absolute Gasteiger partial charge is 0.342 e. The lowest BCUT2D eigenvalue weighted by Crippen LogP contribution is -2.29. The third-order valence-corrected chi connectivity index (χ3v) is 8.98. The van der Waals surface area contributed by atoms with Gasteiger partial charge < -0.3 is 4.90 Å². The Kier molecular flexibility index (Phi) is 10.8. The number of amides is 1. The molecule has 0 bridgehead atoms. The molecular formula is C38H49NO. The molecule has 4 rings (SSSR count). The van der Waals surface area contributed by atoms with Gasteiger partial charge in [-0.05, 0) is 96.2 Å². The summed E-state index contributed by atoms with van der Waals surface area (Å²) in [4.78, 5) is 13.8.